The Bertz CT molecular complexity index is 682. The average molecular weight is 414 g/mol. The first-order valence-electron chi connectivity index (χ1n) is 6.45. The zero-order chi connectivity index (χ0) is 15.4. The lowest BCUT2D eigenvalue weighted by Crippen LogP contribution is -2.22. The summed E-state index contributed by atoms with van der Waals surface area (Å²) in [5.74, 6) is -0.242. The molecule has 0 spiro atoms. The predicted molar refractivity (Wildman–Crippen MR) is 94.2 cm³/mol. The van der Waals surface area contributed by atoms with E-state index in [0.717, 1.165) is 8.45 Å². The van der Waals surface area contributed by atoms with Crippen LogP contribution in [-0.2, 0) is 0 Å². The molecule has 0 atom stereocenters. The van der Waals surface area contributed by atoms with E-state index >= 15 is 0 Å². The molecule has 2 aromatic rings. The van der Waals surface area contributed by atoms with Crippen LogP contribution in [0.5, 0.6) is 0 Å². The fraction of sp³-hybridized carbons (Fsp3) is 0.200. The lowest BCUT2D eigenvalue weighted by Gasteiger charge is -2.09. The molecular weight excluding hydrogens is 399 g/mol. The second-order valence-corrected chi connectivity index (χ2v) is 7.29. The lowest BCUT2D eigenvalue weighted by atomic mass is 10.1. The molecule has 2 N–H and O–H groups in total. The van der Waals surface area contributed by atoms with Gasteiger partial charge in [0.1, 0.15) is 0 Å². The molecule has 2 amide bonds. The van der Waals surface area contributed by atoms with E-state index in [9.17, 15) is 9.59 Å². The zero-order valence-corrected chi connectivity index (χ0v) is 14.7. The van der Waals surface area contributed by atoms with Crippen LogP contribution in [-0.4, -0.2) is 18.4 Å². The Balaban J connectivity index is 2.14. The van der Waals surface area contributed by atoms with Gasteiger partial charge < -0.3 is 10.6 Å². The topological polar surface area (TPSA) is 58.2 Å². The molecule has 1 aromatic heterocycles. The third-order valence-electron chi connectivity index (χ3n) is 2.90. The third kappa shape index (κ3) is 4.04. The molecule has 0 radical (unpaired) electrons. The van der Waals surface area contributed by atoms with Gasteiger partial charge in [0, 0.05) is 23.2 Å². The largest absolute Gasteiger partial charge is 0.352 e. The molecule has 2 rings (SSSR count). The van der Waals surface area contributed by atoms with Gasteiger partial charge in [0.15, 0.2) is 0 Å². The molecule has 6 heteroatoms. The number of rotatable bonds is 4. The highest BCUT2D eigenvalue weighted by Gasteiger charge is 2.11. The van der Waals surface area contributed by atoms with Crippen molar-refractivity contribution in [2.75, 3.05) is 11.9 Å². The van der Waals surface area contributed by atoms with Crippen molar-refractivity contribution in [2.24, 2.45) is 0 Å². The summed E-state index contributed by atoms with van der Waals surface area (Å²) in [6.07, 6.45) is 0. The van der Waals surface area contributed by atoms with Crippen LogP contribution < -0.4 is 10.6 Å². The Morgan fingerprint density at radius 2 is 1.95 bits per heavy atom. The highest BCUT2D eigenvalue weighted by Crippen LogP contribution is 2.20. The van der Waals surface area contributed by atoms with E-state index in [1.807, 2.05) is 25.3 Å². The number of nitrogens with one attached hydrogen (secondary N) is 2. The maximum absolute atomic E-state index is 12.1. The second-order valence-electron chi connectivity index (χ2n) is 4.48. The number of benzene rings is 1. The van der Waals surface area contributed by atoms with Crippen LogP contribution in [0.1, 0.15) is 33.2 Å². The minimum absolute atomic E-state index is 0.106. The van der Waals surface area contributed by atoms with Gasteiger partial charge in [-0.05, 0) is 66.3 Å². The normalized spacial score (nSPS) is 10.2. The van der Waals surface area contributed by atoms with E-state index in [-0.39, 0.29) is 11.8 Å². The average Bonchev–Trinajstić information content (AvgIpc) is 2.88. The smallest absolute Gasteiger partial charge is 0.256 e. The van der Waals surface area contributed by atoms with Crippen molar-refractivity contribution in [3.05, 3.63) is 49.2 Å². The predicted octanol–water partition coefficient (Wildman–Crippen LogP) is 3.66. The van der Waals surface area contributed by atoms with Crippen molar-refractivity contribution in [1.82, 2.24) is 5.32 Å². The molecule has 0 aliphatic rings. The number of hydrogen-bond donors (Lipinski definition) is 2. The number of anilines is 1. The number of amides is 2. The number of aryl methyl sites for hydroxylation is 1. The van der Waals surface area contributed by atoms with Gasteiger partial charge in [0.25, 0.3) is 11.8 Å². The van der Waals surface area contributed by atoms with Gasteiger partial charge >= 0.3 is 0 Å². The minimum atomic E-state index is -0.136. The van der Waals surface area contributed by atoms with E-state index in [2.05, 4.69) is 33.2 Å². The van der Waals surface area contributed by atoms with Crippen LogP contribution in [0.2, 0.25) is 0 Å². The van der Waals surface area contributed by atoms with E-state index in [4.69, 9.17) is 0 Å². The van der Waals surface area contributed by atoms with Crippen LogP contribution in [0, 0.1) is 9.81 Å². The molecular formula is C15H15IN2O2S. The van der Waals surface area contributed by atoms with Crippen molar-refractivity contribution in [3.8, 4) is 0 Å². The zero-order valence-electron chi connectivity index (χ0n) is 11.7. The molecule has 1 aromatic carbocycles. The summed E-state index contributed by atoms with van der Waals surface area (Å²) >= 11 is 3.72. The summed E-state index contributed by atoms with van der Waals surface area (Å²) in [5.41, 5.74) is 2.82. The Morgan fingerprint density at radius 1 is 1.19 bits per heavy atom. The quantitative estimate of drug-likeness (QED) is 0.751. The molecule has 0 bridgehead atoms. The number of halogens is 1. The van der Waals surface area contributed by atoms with Gasteiger partial charge in [-0.25, -0.2) is 0 Å². The standard InChI is InChI=1S/C15H15IN2O2S/c1-3-17-14(19)10-4-5-12(9(2)6-10)18-15(20)11-7-13(16)21-8-11/h4-8H,3H2,1-2H3,(H,17,19)(H,18,20). The van der Waals surface area contributed by atoms with Gasteiger partial charge in [0.2, 0.25) is 0 Å². The lowest BCUT2D eigenvalue weighted by molar-refractivity contribution is 0.0955. The number of hydrogen-bond acceptors (Lipinski definition) is 3. The fourth-order valence-electron chi connectivity index (χ4n) is 1.83. The van der Waals surface area contributed by atoms with Gasteiger partial charge in [0.05, 0.1) is 8.45 Å². The number of carbonyl (C=O) groups excluding carboxylic acids is 2. The highest BCUT2D eigenvalue weighted by molar-refractivity contribution is 14.1. The maximum atomic E-state index is 12.1. The van der Waals surface area contributed by atoms with E-state index in [1.54, 1.807) is 18.2 Å². The molecule has 0 fully saturated rings. The molecule has 1 heterocycles. The van der Waals surface area contributed by atoms with Crippen molar-refractivity contribution < 1.29 is 9.59 Å². The molecule has 0 aliphatic carbocycles. The Morgan fingerprint density at radius 3 is 2.52 bits per heavy atom. The number of thiophene rings is 1. The van der Waals surface area contributed by atoms with Gasteiger partial charge in [-0.2, -0.15) is 0 Å². The van der Waals surface area contributed by atoms with Gasteiger partial charge in [-0.15, -0.1) is 11.3 Å². The molecule has 110 valence electrons. The Labute approximate surface area is 141 Å². The first kappa shape index (κ1) is 16.0. The molecule has 0 aliphatic heterocycles. The van der Waals surface area contributed by atoms with E-state index < -0.39 is 0 Å². The molecule has 4 nitrogen and oxygen atoms in total. The molecule has 21 heavy (non-hydrogen) atoms. The summed E-state index contributed by atoms with van der Waals surface area (Å²) in [5, 5.41) is 7.45. The molecule has 0 saturated heterocycles. The van der Waals surface area contributed by atoms with Crippen LogP contribution in [0.4, 0.5) is 5.69 Å². The monoisotopic (exact) mass is 414 g/mol. The fourth-order valence-corrected chi connectivity index (χ4v) is 3.16. The van der Waals surface area contributed by atoms with E-state index in [0.29, 0.717) is 23.4 Å². The van der Waals surface area contributed by atoms with Gasteiger partial charge in [-0.3, -0.25) is 9.59 Å². The van der Waals surface area contributed by atoms with Crippen LogP contribution in [0.15, 0.2) is 29.6 Å². The van der Waals surface area contributed by atoms with Crippen LogP contribution in [0.3, 0.4) is 0 Å². The van der Waals surface area contributed by atoms with Crippen LogP contribution in [0.25, 0.3) is 0 Å². The van der Waals surface area contributed by atoms with Crippen LogP contribution >= 0.6 is 33.9 Å². The third-order valence-corrected chi connectivity index (χ3v) is 4.69. The summed E-state index contributed by atoms with van der Waals surface area (Å²) in [7, 11) is 0. The van der Waals surface area contributed by atoms with E-state index in [1.165, 1.54) is 11.3 Å². The van der Waals surface area contributed by atoms with Crippen molar-refractivity contribution in [3.63, 3.8) is 0 Å². The second kappa shape index (κ2) is 7.04. The summed E-state index contributed by atoms with van der Waals surface area (Å²) in [6, 6.07) is 7.09. The first-order valence-corrected chi connectivity index (χ1v) is 8.41. The SMILES string of the molecule is CCNC(=O)c1ccc(NC(=O)c2csc(I)c2)c(C)c1. The minimum Gasteiger partial charge on any atom is -0.352 e. The highest BCUT2D eigenvalue weighted by atomic mass is 127. The molecule has 0 saturated carbocycles. The Hall–Kier alpha value is -1.41. The number of carbonyl (C=O) groups is 2. The van der Waals surface area contributed by atoms with Gasteiger partial charge in [-0.1, -0.05) is 0 Å². The molecule has 0 unspecified atom stereocenters. The summed E-state index contributed by atoms with van der Waals surface area (Å²) in [4.78, 5) is 23.9. The maximum Gasteiger partial charge on any atom is 0.256 e. The van der Waals surface area contributed by atoms with Crippen molar-refractivity contribution in [2.45, 2.75) is 13.8 Å². The van der Waals surface area contributed by atoms with Crippen molar-refractivity contribution in [1.29, 1.82) is 0 Å². The first-order chi connectivity index (χ1) is 10.0. The summed E-state index contributed by atoms with van der Waals surface area (Å²) < 4.78 is 1.07. The Kier molecular flexibility index (Phi) is 5.35. The summed E-state index contributed by atoms with van der Waals surface area (Å²) in [6.45, 7) is 4.34. The van der Waals surface area contributed by atoms with Crippen molar-refractivity contribution >= 4 is 51.4 Å².